The van der Waals surface area contributed by atoms with E-state index in [1.807, 2.05) is 0 Å². The van der Waals surface area contributed by atoms with Gasteiger partial charge in [-0.05, 0) is 41.9 Å². The van der Waals surface area contributed by atoms with Crippen molar-refractivity contribution in [2.75, 3.05) is 0 Å². The van der Waals surface area contributed by atoms with Crippen LogP contribution in [0.25, 0.3) is 0 Å². The maximum absolute atomic E-state index is 13.1. The van der Waals surface area contributed by atoms with Crippen LogP contribution in [0.1, 0.15) is 25.8 Å². The quantitative estimate of drug-likeness (QED) is 0.626. The summed E-state index contributed by atoms with van der Waals surface area (Å²) in [5, 5.41) is 0. The van der Waals surface area contributed by atoms with E-state index in [-0.39, 0.29) is 11.5 Å². The minimum absolute atomic E-state index is 0.0752. The molecule has 1 aliphatic carbocycles. The third kappa shape index (κ3) is 2.82. The number of nitrogens with one attached hydrogen (secondary N) is 1. The molecule has 17 heavy (non-hydrogen) atoms. The lowest BCUT2D eigenvalue weighted by Crippen LogP contribution is -2.39. The van der Waals surface area contributed by atoms with Crippen molar-refractivity contribution in [2.45, 2.75) is 32.7 Å². The molecule has 0 aliphatic heterocycles. The average molecular weight is 240 g/mol. The zero-order chi connectivity index (χ0) is 12.6. The first-order valence-corrected chi connectivity index (χ1v) is 5.83. The fourth-order valence-corrected chi connectivity index (χ4v) is 2.49. The number of benzene rings is 1. The van der Waals surface area contributed by atoms with Crippen LogP contribution in [0, 0.1) is 23.0 Å². The average Bonchev–Trinajstić information content (AvgIpc) is 2.82. The van der Waals surface area contributed by atoms with Crippen molar-refractivity contribution in [1.29, 1.82) is 0 Å². The van der Waals surface area contributed by atoms with Gasteiger partial charge < -0.3 is 0 Å². The molecular weight excluding hydrogens is 222 g/mol. The van der Waals surface area contributed by atoms with Gasteiger partial charge in [0.2, 0.25) is 0 Å². The van der Waals surface area contributed by atoms with E-state index in [2.05, 4.69) is 19.3 Å². The van der Waals surface area contributed by atoms with Crippen LogP contribution in [0.15, 0.2) is 18.2 Å². The van der Waals surface area contributed by atoms with Crippen molar-refractivity contribution in [1.82, 2.24) is 5.43 Å². The molecular formula is C13H18F2N2. The van der Waals surface area contributed by atoms with Crippen LogP contribution in [0.5, 0.6) is 0 Å². The summed E-state index contributed by atoms with van der Waals surface area (Å²) in [7, 11) is 0. The Hall–Kier alpha value is -1.00. The van der Waals surface area contributed by atoms with Gasteiger partial charge in [-0.3, -0.25) is 11.3 Å². The Morgan fingerprint density at radius 1 is 1.35 bits per heavy atom. The van der Waals surface area contributed by atoms with Crippen molar-refractivity contribution >= 4 is 0 Å². The molecule has 0 amide bonds. The van der Waals surface area contributed by atoms with Crippen molar-refractivity contribution in [3.8, 4) is 0 Å². The minimum atomic E-state index is -0.536. The number of nitrogens with two attached hydrogens (primary N) is 1. The molecule has 0 aromatic heterocycles. The van der Waals surface area contributed by atoms with Crippen LogP contribution in [-0.4, -0.2) is 6.04 Å². The van der Waals surface area contributed by atoms with E-state index in [9.17, 15) is 8.78 Å². The molecule has 1 saturated carbocycles. The van der Waals surface area contributed by atoms with E-state index in [1.54, 1.807) is 0 Å². The Morgan fingerprint density at radius 3 is 2.29 bits per heavy atom. The number of hydrogen-bond acceptors (Lipinski definition) is 2. The summed E-state index contributed by atoms with van der Waals surface area (Å²) < 4.78 is 26.1. The lowest BCUT2D eigenvalue weighted by atomic mass is 9.98. The minimum Gasteiger partial charge on any atom is -0.271 e. The van der Waals surface area contributed by atoms with Crippen molar-refractivity contribution in [2.24, 2.45) is 17.2 Å². The molecule has 1 aromatic rings. The van der Waals surface area contributed by atoms with Gasteiger partial charge in [0.1, 0.15) is 11.6 Å². The van der Waals surface area contributed by atoms with Gasteiger partial charge in [-0.2, -0.15) is 0 Å². The predicted molar refractivity (Wildman–Crippen MR) is 63.1 cm³/mol. The van der Waals surface area contributed by atoms with Gasteiger partial charge in [-0.1, -0.05) is 13.8 Å². The summed E-state index contributed by atoms with van der Waals surface area (Å²) in [6.45, 7) is 4.35. The van der Waals surface area contributed by atoms with Crippen LogP contribution in [0.2, 0.25) is 0 Å². The normalized spacial score (nSPS) is 23.5. The number of halogens is 2. The van der Waals surface area contributed by atoms with Crippen LogP contribution in [0.4, 0.5) is 8.78 Å². The smallest absolute Gasteiger partial charge is 0.126 e. The molecule has 0 radical (unpaired) electrons. The van der Waals surface area contributed by atoms with Crippen molar-refractivity contribution < 1.29 is 8.78 Å². The van der Waals surface area contributed by atoms with Crippen molar-refractivity contribution in [3.05, 3.63) is 35.4 Å². The molecule has 1 fully saturated rings. The summed E-state index contributed by atoms with van der Waals surface area (Å²) in [6, 6.07) is 3.69. The van der Waals surface area contributed by atoms with E-state index in [0.717, 1.165) is 12.5 Å². The SMILES string of the molecule is CC1(C)CC1C(Cc1cc(F)cc(F)c1)NN. The standard InChI is InChI=1S/C13H18F2N2/c1-13(2)7-11(13)12(17-16)5-8-3-9(14)6-10(15)4-8/h3-4,6,11-12,17H,5,7,16H2,1-2H3. The first-order valence-electron chi connectivity index (χ1n) is 5.83. The Kier molecular flexibility index (Phi) is 3.19. The zero-order valence-corrected chi connectivity index (χ0v) is 10.1. The molecule has 1 aromatic carbocycles. The third-order valence-electron chi connectivity index (χ3n) is 3.67. The van der Waals surface area contributed by atoms with Crippen LogP contribution in [-0.2, 0) is 6.42 Å². The molecule has 0 heterocycles. The Balaban J connectivity index is 2.08. The van der Waals surface area contributed by atoms with Gasteiger partial charge in [-0.25, -0.2) is 8.78 Å². The zero-order valence-electron chi connectivity index (χ0n) is 10.1. The molecule has 2 nitrogen and oxygen atoms in total. The highest BCUT2D eigenvalue weighted by atomic mass is 19.1. The topological polar surface area (TPSA) is 38.0 Å². The molecule has 3 N–H and O–H groups in total. The summed E-state index contributed by atoms with van der Waals surface area (Å²) >= 11 is 0. The van der Waals surface area contributed by atoms with Gasteiger partial charge in [0, 0.05) is 12.1 Å². The molecule has 2 unspecified atom stereocenters. The van der Waals surface area contributed by atoms with E-state index in [0.29, 0.717) is 17.9 Å². The second-order valence-corrected chi connectivity index (χ2v) is 5.55. The van der Waals surface area contributed by atoms with Gasteiger partial charge in [0.25, 0.3) is 0 Å². The monoisotopic (exact) mass is 240 g/mol. The molecule has 0 saturated heterocycles. The van der Waals surface area contributed by atoms with Crippen LogP contribution >= 0.6 is 0 Å². The summed E-state index contributed by atoms with van der Waals surface area (Å²) in [5.41, 5.74) is 3.69. The van der Waals surface area contributed by atoms with Crippen LogP contribution in [0.3, 0.4) is 0 Å². The maximum atomic E-state index is 13.1. The summed E-state index contributed by atoms with van der Waals surface area (Å²) in [4.78, 5) is 0. The van der Waals surface area contributed by atoms with E-state index >= 15 is 0 Å². The first-order chi connectivity index (χ1) is 7.92. The molecule has 4 heteroatoms. The van der Waals surface area contributed by atoms with Gasteiger partial charge >= 0.3 is 0 Å². The number of hydrazine groups is 1. The van der Waals surface area contributed by atoms with Crippen molar-refractivity contribution in [3.63, 3.8) is 0 Å². The third-order valence-corrected chi connectivity index (χ3v) is 3.67. The van der Waals surface area contributed by atoms with Gasteiger partial charge in [0.05, 0.1) is 0 Å². The fraction of sp³-hybridized carbons (Fsp3) is 0.538. The predicted octanol–water partition coefficient (Wildman–Crippen LogP) is 2.39. The highest BCUT2D eigenvalue weighted by Gasteiger charge is 2.49. The molecule has 2 atom stereocenters. The molecule has 2 rings (SSSR count). The molecule has 0 spiro atoms. The van der Waals surface area contributed by atoms with E-state index in [1.165, 1.54) is 12.1 Å². The van der Waals surface area contributed by atoms with Gasteiger partial charge in [0.15, 0.2) is 0 Å². The lowest BCUT2D eigenvalue weighted by molar-refractivity contribution is 0.407. The van der Waals surface area contributed by atoms with E-state index in [4.69, 9.17) is 5.84 Å². The Morgan fingerprint density at radius 2 is 1.88 bits per heavy atom. The van der Waals surface area contributed by atoms with Gasteiger partial charge in [-0.15, -0.1) is 0 Å². The molecule has 1 aliphatic rings. The first kappa shape index (κ1) is 12.5. The summed E-state index contributed by atoms with van der Waals surface area (Å²) in [5.74, 6) is 4.92. The molecule has 0 bridgehead atoms. The van der Waals surface area contributed by atoms with Crippen LogP contribution < -0.4 is 11.3 Å². The second-order valence-electron chi connectivity index (χ2n) is 5.55. The second kappa shape index (κ2) is 4.35. The fourth-order valence-electron chi connectivity index (χ4n) is 2.49. The number of hydrogen-bond donors (Lipinski definition) is 2. The Labute approximate surface area is 100 Å². The lowest BCUT2D eigenvalue weighted by Gasteiger charge is -2.17. The Bertz CT molecular complexity index is 398. The highest BCUT2D eigenvalue weighted by Crippen LogP contribution is 2.53. The van der Waals surface area contributed by atoms with E-state index < -0.39 is 11.6 Å². The highest BCUT2D eigenvalue weighted by molar-refractivity contribution is 5.20. The summed E-state index contributed by atoms with van der Waals surface area (Å²) in [6.07, 6.45) is 1.65. The largest absolute Gasteiger partial charge is 0.271 e. The number of rotatable bonds is 4. The molecule has 94 valence electrons. The maximum Gasteiger partial charge on any atom is 0.126 e.